The fraction of sp³-hybridized carbons (Fsp3) is 0.0556. The van der Waals surface area contributed by atoms with Crippen LogP contribution in [-0.2, 0) is 10.0 Å². The van der Waals surface area contributed by atoms with Gasteiger partial charge >= 0.3 is 0 Å². The Morgan fingerprint density at radius 1 is 0.962 bits per heavy atom. The Bertz CT molecular complexity index is 1020. The van der Waals surface area contributed by atoms with Gasteiger partial charge in [0.25, 0.3) is 10.0 Å². The predicted molar refractivity (Wildman–Crippen MR) is 95.9 cm³/mol. The number of halogens is 2. The second-order valence-corrected chi connectivity index (χ2v) is 7.26. The van der Waals surface area contributed by atoms with Crippen molar-refractivity contribution in [3.63, 3.8) is 0 Å². The zero-order valence-electron chi connectivity index (χ0n) is 13.7. The molecule has 5 nitrogen and oxygen atoms in total. The fourth-order valence-electron chi connectivity index (χ4n) is 2.27. The van der Waals surface area contributed by atoms with Crippen LogP contribution >= 0.6 is 0 Å². The van der Waals surface area contributed by atoms with Crippen molar-refractivity contribution < 1.29 is 17.2 Å². The number of rotatable bonds is 5. The van der Waals surface area contributed by atoms with Crippen molar-refractivity contribution in [1.82, 2.24) is 4.98 Å². The summed E-state index contributed by atoms with van der Waals surface area (Å²) in [5, 5.41) is 2.53. The van der Waals surface area contributed by atoms with Gasteiger partial charge in [-0.1, -0.05) is 18.2 Å². The summed E-state index contributed by atoms with van der Waals surface area (Å²) >= 11 is 0. The van der Waals surface area contributed by atoms with Crippen LogP contribution in [0.15, 0.2) is 65.7 Å². The number of hydrogen-bond acceptors (Lipinski definition) is 4. The zero-order chi connectivity index (χ0) is 18.7. The molecule has 0 aliphatic rings. The molecular weight excluding hydrogens is 360 g/mol. The molecule has 0 unspecified atom stereocenters. The standard InChI is InChI=1S/C18H15F2N3O2S/c1-12-4-2-5-14(10-12)26(24,25)23-13-8-9-17(21-11-13)22-18-15(19)6-3-7-16(18)20/h2-11,23H,1H3,(H,21,22). The SMILES string of the molecule is Cc1cccc(S(=O)(=O)Nc2ccc(Nc3c(F)cccc3F)nc2)c1. The molecule has 1 aromatic heterocycles. The summed E-state index contributed by atoms with van der Waals surface area (Å²) in [6.45, 7) is 1.79. The van der Waals surface area contributed by atoms with Crippen LogP contribution < -0.4 is 10.0 Å². The van der Waals surface area contributed by atoms with Crippen molar-refractivity contribution >= 4 is 27.2 Å². The molecule has 2 N–H and O–H groups in total. The van der Waals surface area contributed by atoms with E-state index in [4.69, 9.17) is 0 Å². The molecule has 3 aromatic rings. The first-order valence-electron chi connectivity index (χ1n) is 7.62. The minimum atomic E-state index is -3.75. The molecule has 1 heterocycles. The highest BCUT2D eigenvalue weighted by Gasteiger charge is 2.15. The summed E-state index contributed by atoms with van der Waals surface area (Å²) in [4.78, 5) is 4.11. The van der Waals surface area contributed by atoms with Gasteiger partial charge < -0.3 is 5.32 Å². The van der Waals surface area contributed by atoms with Gasteiger partial charge in [0.15, 0.2) is 0 Å². The van der Waals surface area contributed by atoms with Gasteiger partial charge in [-0.2, -0.15) is 0 Å². The van der Waals surface area contributed by atoms with Gasteiger partial charge in [-0.05, 0) is 48.9 Å². The summed E-state index contributed by atoms with van der Waals surface area (Å²) in [7, 11) is -3.75. The Balaban J connectivity index is 1.78. The van der Waals surface area contributed by atoms with Gasteiger partial charge in [-0.3, -0.25) is 4.72 Å². The van der Waals surface area contributed by atoms with Gasteiger partial charge in [0.1, 0.15) is 23.1 Å². The summed E-state index contributed by atoms with van der Waals surface area (Å²) in [5.41, 5.74) is 0.719. The van der Waals surface area contributed by atoms with E-state index in [0.29, 0.717) is 0 Å². The molecule has 134 valence electrons. The minimum Gasteiger partial charge on any atom is -0.335 e. The first kappa shape index (κ1) is 17.8. The van der Waals surface area contributed by atoms with E-state index in [2.05, 4.69) is 15.0 Å². The highest BCUT2D eigenvalue weighted by Crippen LogP contribution is 2.23. The summed E-state index contributed by atoms with van der Waals surface area (Å²) in [6, 6.07) is 12.8. The van der Waals surface area contributed by atoms with Crippen LogP contribution in [0.25, 0.3) is 0 Å². The van der Waals surface area contributed by atoms with E-state index in [0.717, 1.165) is 17.7 Å². The summed E-state index contributed by atoms with van der Waals surface area (Å²) in [6.07, 6.45) is 1.26. The lowest BCUT2D eigenvalue weighted by atomic mass is 10.2. The normalized spacial score (nSPS) is 11.2. The average molecular weight is 375 g/mol. The molecule has 2 aromatic carbocycles. The smallest absolute Gasteiger partial charge is 0.261 e. The predicted octanol–water partition coefficient (Wildman–Crippen LogP) is 4.21. The lowest BCUT2D eigenvalue weighted by Gasteiger charge is -2.10. The monoisotopic (exact) mass is 375 g/mol. The van der Waals surface area contributed by atoms with Crippen LogP contribution in [0.5, 0.6) is 0 Å². The molecule has 0 aliphatic heterocycles. The van der Waals surface area contributed by atoms with Crippen LogP contribution in [0.2, 0.25) is 0 Å². The molecule has 0 bridgehead atoms. The van der Waals surface area contributed by atoms with Gasteiger partial charge in [-0.25, -0.2) is 22.2 Å². The van der Waals surface area contributed by atoms with E-state index >= 15 is 0 Å². The van der Waals surface area contributed by atoms with Crippen LogP contribution in [0, 0.1) is 18.6 Å². The number of benzene rings is 2. The summed E-state index contributed by atoms with van der Waals surface area (Å²) in [5.74, 6) is -1.33. The molecule has 0 amide bonds. The number of nitrogens with zero attached hydrogens (tertiary/aromatic N) is 1. The Morgan fingerprint density at radius 2 is 1.65 bits per heavy atom. The van der Waals surface area contributed by atoms with Crippen LogP contribution in [0.1, 0.15) is 5.56 Å². The van der Waals surface area contributed by atoms with Crippen LogP contribution in [-0.4, -0.2) is 13.4 Å². The maximum atomic E-state index is 13.6. The molecular formula is C18H15F2N3O2S. The number of hydrogen-bond donors (Lipinski definition) is 2. The van der Waals surface area contributed by atoms with Crippen molar-refractivity contribution in [2.45, 2.75) is 11.8 Å². The number of nitrogens with one attached hydrogen (secondary N) is 2. The van der Waals surface area contributed by atoms with E-state index in [9.17, 15) is 17.2 Å². The highest BCUT2D eigenvalue weighted by molar-refractivity contribution is 7.92. The highest BCUT2D eigenvalue weighted by atomic mass is 32.2. The second-order valence-electron chi connectivity index (χ2n) is 5.58. The third-order valence-electron chi connectivity index (χ3n) is 3.53. The number of anilines is 3. The Morgan fingerprint density at radius 3 is 2.27 bits per heavy atom. The number of pyridine rings is 1. The Hall–Kier alpha value is -3.00. The van der Waals surface area contributed by atoms with E-state index < -0.39 is 21.7 Å². The van der Waals surface area contributed by atoms with Crippen LogP contribution in [0.3, 0.4) is 0 Å². The molecule has 0 aliphatic carbocycles. The zero-order valence-corrected chi connectivity index (χ0v) is 14.5. The molecule has 3 rings (SSSR count). The average Bonchev–Trinajstić information content (AvgIpc) is 2.59. The van der Waals surface area contributed by atoms with Crippen molar-refractivity contribution in [1.29, 1.82) is 0 Å². The maximum Gasteiger partial charge on any atom is 0.261 e. The Labute approximate surface area is 149 Å². The third kappa shape index (κ3) is 3.97. The van der Waals surface area contributed by atoms with Crippen molar-refractivity contribution in [3.05, 3.63) is 78.0 Å². The molecule has 26 heavy (non-hydrogen) atoms. The molecule has 0 saturated carbocycles. The van der Waals surface area contributed by atoms with Crippen molar-refractivity contribution in [2.75, 3.05) is 10.0 Å². The Kier molecular flexibility index (Phi) is 4.85. The first-order chi connectivity index (χ1) is 12.3. The van der Waals surface area contributed by atoms with E-state index in [1.807, 2.05) is 0 Å². The molecule has 0 radical (unpaired) electrons. The minimum absolute atomic E-state index is 0.133. The van der Waals surface area contributed by atoms with E-state index in [-0.39, 0.29) is 22.1 Å². The van der Waals surface area contributed by atoms with Crippen molar-refractivity contribution in [3.8, 4) is 0 Å². The maximum absolute atomic E-state index is 13.6. The first-order valence-corrected chi connectivity index (χ1v) is 9.10. The van der Waals surface area contributed by atoms with Gasteiger partial charge in [-0.15, -0.1) is 0 Å². The van der Waals surface area contributed by atoms with Crippen molar-refractivity contribution in [2.24, 2.45) is 0 Å². The number of aromatic nitrogens is 1. The van der Waals surface area contributed by atoms with Gasteiger partial charge in [0.05, 0.1) is 16.8 Å². The third-order valence-corrected chi connectivity index (χ3v) is 4.91. The van der Waals surface area contributed by atoms with E-state index in [1.54, 1.807) is 25.1 Å². The molecule has 0 spiro atoms. The quantitative estimate of drug-likeness (QED) is 0.701. The molecule has 0 atom stereocenters. The molecule has 8 heteroatoms. The second kappa shape index (κ2) is 7.09. The number of sulfonamides is 1. The topological polar surface area (TPSA) is 71.1 Å². The van der Waals surface area contributed by atoms with Crippen LogP contribution in [0.4, 0.5) is 26.0 Å². The fourth-order valence-corrected chi connectivity index (χ4v) is 3.42. The summed E-state index contributed by atoms with van der Waals surface area (Å²) < 4.78 is 54.4. The number of para-hydroxylation sites is 1. The van der Waals surface area contributed by atoms with Gasteiger partial charge in [0.2, 0.25) is 0 Å². The molecule has 0 fully saturated rings. The number of aryl methyl sites for hydroxylation is 1. The molecule has 0 saturated heterocycles. The lowest BCUT2D eigenvalue weighted by Crippen LogP contribution is -2.13. The largest absolute Gasteiger partial charge is 0.335 e. The van der Waals surface area contributed by atoms with Gasteiger partial charge in [0, 0.05) is 0 Å². The lowest BCUT2D eigenvalue weighted by molar-refractivity contribution is 0.590. The van der Waals surface area contributed by atoms with E-state index in [1.165, 1.54) is 30.5 Å².